The minimum Gasteiger partial charge on any atom is -0.484 e. The van der Waals surface area contributed by atoms with E-state index in [1.807, 2.05) is 0 Å². The molecule has 0 aliphatic heterocycles. The highest BCUT2D eigenvalue weighted by atomic mass is 16.5. The van der Waals surface area contributed by atoms with E-state index in [0.29, 0.717) is 11.3 Å². The second kappa shape index (κ2) is 6.97. The molecule has 0 heterocycles. The summed E-state index contributed by atoms with van der Waals surface area (Å²) in [5, 5.41) is 11.1. The van der Waals surface area contributed by atoms with Crippen molar-refractivity contribution in [3.05, 3.63) is 29.8 Å². The maximum absolute atomic E-state index is 11.2. The lowest BCUT2D eigenvalue weighted by molar-refractivity contribution is -0.136. The molecule has 0 saturated carbocycles. The van der Waals surface area contributed by atoms with Crippen LogP contribution in [0, 0.1) is 12.3 Å². The van der Waals surface area contributed by atoms with E-state index < -0.39 is 5.97 Å². The molecule has 0 atom stereocenters. The number of terminal acetylenes is 1. The molecule has 0 bridgehead atoms. The van der Waals surface area contributed by atoms with Crippen molar-refractivity contribution in [2.75, 3.05) is 13.2 Å². The molecule has 5 heteroatoms. The van der Waals surface area contributed by atoms with Crippen LogP contribution in [0.2, 0.25) is 0 Å². The van der Waals surface area contributed by atoms with Crippen molar-refractivity contribution in [1.82, 2.24) is 5.32 Å². The number of hydrogen-bond donors (Lipinski definition) is 2. The molecule has 1 amide bonds. The Balaban J connectivity index is 2.42. The molecule has 1 rings (SSSR count). The largest absolute Gasteiger partial charge is 0.484 e. The molecular weight excluding hydrogens is 234 g/mol. The number of carboxylic acid groups (broad SMARTS) is 1. The number of ether oxygens (including phenoxy) is 1. The molecule has 1 aromatic carbocycles. The molecule has 0 radical (unpaired) electrons. The SMILES string of the molecule is C#CCNC(=O)COc1ccc(CC(=O)O)cc1. The molecule has 0 unspecified atom stereocenters. The zero-order chi connectivity index (χ0) is 13.4. The van der Waals surface area contributed by atoms with E-state index in [2.05, 4.69) is 11.2 Å². The Morgan fingerprint density at radius 1 is 1.33 bits per heavy atom. The van der Waals surface area contributed by atoms with Gasteiger partial charge in [-0.3, -0.25) is 9.59 Å². The van der Waals surface area contributed by atoms with Gasteiger partial charge in [-0.05, 0) is 17.7 Å². The molecule has 18 heavy (non-hydrogen) atoms. The number of nitrogens with one attached hydrogen (secondary N) is 1. The van der Waals surface area contributed by atoms with E-state index in [1.54, 1.807) is 24.3 Å². The number of aliphatic carboxylic acids is 1. The maximum atomic E-state index is 11.2. The first kappa shape index (κ1) is 13.6. The van der Waals surface area contributed by atoms with Gasteiger partial charge in [-0.25, -0.2) is 0 Å². The van der Waals surface area contributed by atoms with Gasteiger partial charge in [0.25, 0.3) is 5.91 Å². The van der Waals surface area contributed by atoms with Crippen molar-refractivity contribution in [2.24, 2.45) is 0 Å². The number of benzene rings is 1. The van der Waals surface area contributed by atoms with Crippen molar-refractivity contribution >= 4 is 11.9 Å². The van der Waals surface area contributed by atoms with Gasteiger partial charge in [0.1, 0.15) is 5.75 Å². The Morgan fingerprint density at radius 2 is 2.00 bits per heavy atom. The third-order valence-electron chi connectivity index (χ3n) is 2.04. The number of hydrogen-bond acceptors (Lipinski definition) is 3. The zero-order valence-electron chi connectivity index (χ0n) is 9.68. The van der Waals surface area contributed by atoms with Gasteiger partial charge < -0.3 is 15.2 Å². The van der Waals surface area contributed by atoms with Crippen LogP contribution in [0.15, 0.2) is 24.3 Å². The molecule has 0 spiro atoms. The minimum atomic E-state index is -0.891. The normalized spacial score (nSPS) is 9.28. The number of carbonyl (C=O) groups excluding carboxylic acids is 1. The fourth-order valence-corrected chi connectivity index (χ4v) is 1.23. The predicted molar refractivity (Wildman–Crippen MR) is 65.1 cm³/mol. The van der Waals surface area contributed by atoms with E-state index in [0.717, 1.165) is 0 Å². The summed E-state index contributed by atoms with van der Waals surface area (Å²) in [4.78, 5) is 21.6. The van der Waals surface area contributed by atoms with Crippen molar-refractivity contribution in [3.8, 4) is 18.1 Å². The lowest BCUT2D eigenvalue weighted by Gasteiger charge is -2.06. The van der Waals surface area contributed by atoms with Crippen LogP contribution in [0.1, 0.15) is 5.56 Å². The first-order valence-electron chi connectivity index (χ1n) is 5.25. The van der Waals surface area contributed by atoms with Crippen LogP contribution in [0.25, 0.3) is 0 Å². The van der Waals surface area contributed by atoms with E-state index in [-0.39, 0.29) is 25.5 Å². The van der Waals surface area contributed by atoms with Crippen molar-refractivity contribution in [2.45, 2.75) is 6.42 Å². The molecule has 0 aliphatic carbocycles. The Hall–Kier alpha value is -2.48. The van der Waals surface area contributed by atoms with E-state index in [9.17, 15) is 9.59 Å². The van der Waals surface area contributed by atoms with Gasteiger partial charge in [0, 0.05) is 0 Å². The van der Waals surface area contributed by atoms with Crippen LogP contribution >= 0.6 is 0 Å². The van der Waals surface area contributed by atoms with Gasteiger partial charge in [-0.2, -0.15) is 0 Å². The topological polar surface area (TPSA) is 75.6 Å². The second-order valence-corrected chi connectivity index (χ2v) is 3.48. The van der Waals surface area contributed by atoms with E-state index in [4.69, 9.17) is 16.3 Å². The van der Waals surface area contributed by atoms with Crippen molar-refractivity contribution in [1.29, 1.82) is 0 Å². The molecule has 0 aromatic heterocycles. The van der Waals surface area contributed by atoms with Gasteiger partial charge >= 0.3 is 5.97 Å². The monoisotopic (exact) mass is 247 g/mol. The molecule has 0 aliphatic rings. The van der Waals surface area contributed by atoms with Gasteiger partial charge in [0.15, 0.2) is 6.61 Å². The summed E-state index contributed by atoms with van der Waals surface area (Å²) < 4.78 is 5.20. The predicted octanol–water partition coefficient (Wildman–Crippen LogP) is 0.442. The average molecular weight is 247 g/mol. The molecule has 94 valence electrons. The van der Waals surface area contributed by atoms with Gasteiger partial charge in [-0.15, -0.1) is 6.42 Å². The summed E-state index contributed by atoms with van der Waals surface area (Å²) in [6.07, 6.45) is 4.95. The number of amides is 1. The summed E-state index contributed by atoms with van der Waals surface area (Å²) in [7, 11) is 0. The Bertz CT molecular complexity index is 459. The summed E-state index contributed by atoms with van der Waals surface area (Å²) in [6, 6.07) is 6.52. The molecule has 0 fully saturated rings. The second-order valence-electron chi connectivity index (χ2n) is 3.48. The Kier molecular flexibility index (Phi) is 5.26. The standard InChI is InChI=1S/C13H13NO4/c1-2-7-14-12(15)9-18-11-5-3-10(4-6-11)8-13(16)17/h1,3-6H,7-9H2,(H,14,15)(H,16,17). The van der Waals surface area contributed by atoms with Crippen LogP contribution < -0.4 is 10.1 Å². The van der Waals surface area contributed by atoms with Gasteiger partial charge in [-0.1, -0.05) is 18.1 Å². The highest BCUT2D eigenvalue weighted by Crippen LogP contribution is 2.12. The summed E-state index contributed by atoms with van der Waals surface area (Å²) in [6.45, 7) is 0.0414. The molecular formula is C13H13NO4. The summed E-state index contributed by atoms with van der Waals surface area (Å²) in [5.74, 6) is 1.58. The maximum Gasteiger partial charge on any atom is 0.307 e. The molecule has 5 nitrogen and oxygen atoms in total. The highest BCUT2D eigenvalue weighted by molar-refractivity contribution is 5.77. The third-order valence-corrected chi connectivity index (χ3v) is 2.04. The van der Waals surface area contributed by atoms with E-state index >= 15 is 0 Å². The van der Waals surface area contributed by atoms with Crippen LogP contribution in [-0.2, 0) is 16.0 Å². The zero-order valence-corrected chi connectivity index (χ0v) is 9.68. The number of carboxylic acids is 1. The average Bonchev–Trinajstić information content (AvgIpc) is 2.35. The molecule has 2 N–H and O–H groups in total. The van der Waals surface area contributed by atoms with Gasteiger partial charge in [0.2, 0.25) is 0 Å². The molecule has 0 saturated heterocycles. The van der Waals surface area contributed by atoms with Gasteiger partial charge in [0.05, 0.1) is 13.0 Å². The quantitative estimate of drug-likeness (QED) is 0.715. The Labute approximate surface area is 105 Å². The molecule has 1 aromatic rings. The number of carbonyl (C=O) groups is 2. The van der Waals surface area contributed by atoms with Crippen LogP contribution in [0.4, 0.5) is 0 Å². The Morgan fingerprint density at radius 3 is 2.56 bits per heavy atom. The number of rotatable bonds is 6. The van der Waals surface area contributed by atoms with Crippen molar-refractivity contribution in [3.63, 3.8) is 0 Å². The summed E-state index contributed by atoms with van der Waals surface area (Å²) in [5.41, 5.74) is 0.673. The lowest BCUT2D eigenvalue weighted by Crippen LogP contribution is -2.28. The highest BCUT2D eigenvalue weighted by Gasteiger charge is 2.03. The fourth-order valence-electron chi connectivity index (χ4n) is 1.23. The van der Waals surface area contributed by atoms with Crippen LogP contribution in [0.3, 0.4) is 0 Å². The minimum absolute atomic E-state index is 0.0388. The first-order valence-corrected chi connectivity index (χ1v) is 5.25. The summed E-state index contributed by atoms with van der Waals surface area (Å²) >= 11 is 0. The third kappa shape index (κ3) is 5.03. The fraction of sp³-hybridized carbons (Fsp3) is 0.231. The van der Waals surface area contributed by atoms with Crippen LogP contribution in [-0.4, -0.2) is 30.1 Å². The lowest BCUT2D eigenvalue weighted by atomic mass is 10.1. The first-order chi connectivity index (χ1) is 8.61. The smallest absolute Gasteiger partial charge is 0.307 e. The van der Waals surface area contributed by atoms with Crippen LogP contribution in [0.5, 0.6) is 5.75 Å². The van der Waals surface area contributed by atoms with Crippen molar-refractivity contribution < 1.29 is 19.4 Å². The van der Waals surface area contributed by atoms with E-state index in [1.165, 1.54) is 0 Å².